The van der Waals surface area contributed by atoms with Crippen molar-refractivity contribution in [3.05, 3.63) is 0 Å². The fourth-order valence-corrected chi connectivity index (χ4v) is 1.88. The zero-order valence-corrected chi connectivity index (χ0v) is 8.51. The Hall–Kier alpha value is -0.570. The van der Waals surface area contributed by atoms with Gasteiger partial charge in [-0.05, 0) is 26.2 Å². The molecule has 1 saturated heterocycles. The van der Waals surface area contributed by atoms with E-state index in [2.05, 4.69) is 0 Å². The van der Waals surface area contributed by atoms with Gasteiger partial charge < -0.3 is 4.90 Å². The lowest BCUT2D eigenvalue weighted by atomic mass is 9.99. The van der Waals surface area contributed by atoms with E-state index in [0.29, 0.717) is 6.54 Å². The lowest BCUT2D eigenvalue weighted by Crippen LogP contribution is -2.47. The molecule has 0 aromatic heterocycles. The van der Waals surface area contributed by atoms with Crippen molar-refractivity contribution >= 4 is 23.3 Å². The first-order valence-corrected chi connectivity index (χ1v) is 5.06. The Kier molecular flexibility index (Phi) is 3.72. The molecule has 0 aromatic rings. The zero-order valence-electron chi connectivity index (χ0n) is 7.75. The Balaban J connectivity index is 2.67. The quantitative estimate of drug-likeness (QED) is 0.633. The van der Waals surface area contributed by atoms with E-state index >= 15 is 0 Å². The van der Waals surface area contributed by atoms with E-state index in [9.17, 15) is 9.59 Å². The van der Waals surface area contributed by atoms with E-state index in [1.165, 1.54) is 6.92 Å². The molecule has 13 heavy (non-hydrogen) atoms. The highest BCUT2D eigenvalue weighted by atomic mass is 35.5. The maximum Gasteiger partial charge on any atom is 0.238 e. The number of ketones is 1. The van der Waals surface area contributed by atoms with Crippen LogP contribution < -0.4 is 0 Å². The highest BCUT2D eigenvalue weighted by Gasteiger charge is 2.28. The van der Waals surface area contributed by atoms with Crippen molar-refractivity contribution in [1.29, 1.82) is 0 Å². The maximum atomic E-state index is 11.3. The van der Waals surface area contributed by atoms with Gasteiger partial charge in [-0.1, -0.05) is 0 Å². The van der Waals surface area contributed by atoms with E-state index in [0.717, 1.165) is 19.3 Å². The Morgan fingerprint density at radius 1 is 1.46 bits per heavy atom. The average Bonchev–Trinajstić information content (AvgIpc) is 2.16. The first-order valence-electron chi connectivity index (χ1n) is 4.52. The fourth-order valence-electron chi connectivity index (χ4n) is 1.73. The van der Waals surface area contributed by atoms with Crippen LogP contribution in [0.3, 0.4) is 0 Å². The summed E-state index contributed by atoms with van der Waals surface area (Å²) in [5, 5.41) is 0. The average molecular weight is 204 g/mol. The van der Waals surface area contributed by atoms with Crippen molar-refractivity contribution in [3.63, 3.8) is 0 Å². The van der Waals surface area contributed by atoms with E-state index in [4.69, 9.17) is 11.6 Å². The minimum absolute atomic E-state index is 0.0240. The number of halogens is 1. The summed E-state index contributed by atoms with van der Waals surface area (Å²) in [5.74, 6) is -0.0798. The van der Waals surface area contributed by atoms with Crippen molar-refractivity contribution in [2.24, 2.45) is 0 Å². The lowest BCUT2D eigenvalue weighted by molar-refractivity contribution is -0.138. The Morgan fingerprint density at radius 3 is 2.69 bits per heavy atom. The molecule has 0 N–H and O–H groups in total. The standard InChI is InChI=1S/C9H14ClNO2/c1-7(12)8-4-2-3-5-11(8)9(13)6-10/h8H,2-6H2,1H3. The molecule has 1 fully saturated rings. The Bertz CT molecular complexity index is 218. The smallest absolute Gasteiger partial charge is 0.238 e. The number of likely N-dealkylation sites (tertiary alicyclic amines) is 1. The summed E-state index contributed by atoms with van der Waals surface area (Å²) in [7, 11) is 0. The van der Waals surface area contributed by atoms with Crippen LogP contribution in [-0.2, 0) is 9.59 Å². The van der Waals surface area contributed by atoms with Crippen molar-refractivity contribution in [1.82, 2.24) is 4.90 Å². The largest absolute Gasteiger partial charge is 0.332 e. The monoisotopic (exact) mass is 203 g/mol. The highest BCUT2D eigenvalue weighted by Crippen LogP contribution is 2.17. The molecule has 74 valence electrons. The van der Waals surface area contributed by atoms with Crippen LogP contribution in [0.5, 0.6) is 0 Å². The molecule has 0 spiro atoms. The van der Waals surface area contributed by atoms with Crippen LogP contribution in [-0.4, -0.2) is 35.1 Å². The molecule has 1 rings (SSSR count). The number of carbonyl (C=O) groups excluding carboxylic acids is 2. The van der Waals surface area contributed by atoms with Gasteiger partial charge in [-0.15, -0.1) is 11.6 Å². The van der Waals surface area contributed by atoms with Crippen molar-refractivity contribution < 1.29 is 9.59 Å². The summed E-state index contributed by atoms with van der Waals surface area (Å²) in [5.41, 5.74) is 0. The number of hydrogen-bond donors (Lipinski definition) is 0. The number of hydrogen-bond acceptors (Lipinski definition) is 2. The Labute approximate surface area is 83.0 Å². The van der Waals surface area contributed by atoms with Gasteiger partial charge in [0.2, 0.25) is 5.91 Å². The number of nitrogens with zero attached hydrogens (tertiary/aromatic N) is 1. The molecule has 1 aliphatic rings. The van der Waals surface area contributed by atoms with Gasteiger partial charge in [0.1, 0.15) is 5.88 Å². The van der Waals surface area contributed by atoms with Gasteiger partial charge in [-0.25, -0.2) is 0 Å². The van der Waals surface area contributed by atoms with Gasteiger partial charge in [0.05, 0.1) is 6.04 Å². The number of carbonyl (C=O) groups is 2. The molecule has 4 heteroatoms. The molecule has 0 aromatic carbocycles. The first kappa shape index (κ1) is 10.5. The van der Waals surface area contributed by atoms with Crippen LogP contribution in [0.1, 0.15) is 26.2 Å². The van der Waals surface area contributed by atoms with Crippen LogP contribution in [0.25, 0.3) is 0 Å². The summed E-state index contributed by atoms with van der Waals surface area (Å²) < 4.78 is 0. The van der Waals surface area contributed by atoms with Gasteiger partial charge in [-0.2, -0.15) is 0 Å². The van der Waals surface area contributed by atoms with Crippen LogP contribution in [0.2, 0.25) is 0 Å². The zero-order chi connectivity index (χ0) is 9.84. The second kappa shape index (κ2) is 4.61. The molecule has 1 atom stereocenters. The summed E-state index contributed by atoms with van der Waals surface area (Å²) in [4.78, 5) is 24.1. The molecule has 1 aliphatic heterocycles. The normalized spacial score (nSPS) is 22.9. The van der Waals surface area contributed by atoms with Gasteiger partial charge in [-0.3, -0.25) is 9.59 Å². The third-order valence-corrected chi connectivity index (χ3v) is 2.64. The van der Waals surface area contributed by atoms with E-state index in [1.807, 2.05) is 0 Å². The molecular formula is C9H14ClNO2. The third kappa shape index (κ3) is 2.44. The first-order chi connectivity index (χ1) is 6.16. The molecular weight excluding hydrogens is 190 g/mol. The molecule has 0 radical (unpaired) electrons. The van der Waals surface area contributed by atoms with E-state index in [1.54, 1.807) is 4.90 Å². The molecule has 1 unspecified atom stereocenters. The Morgan fingerprint density at radius 2 is 2.15 bits per heavy atom. The number of alkyl halides is 1. The predicted molar refractivity (Wildman–Crippen MR) is 50.8 cm³/mol. The summed E-state index contributed by atoms with van der Waals surface area (Å²) in [6, 6.07) is -0.222. The number of amides is 1. The molecule has 1 amide bonds. The van der Waals surface area contributed by atoms with E-state index in [-0.39, 0.29) is 23.6 Å². The summed E-state index contributed by atoms with van der Waals surface area (Å²) in [6.07, 6.45) is 2.79. The number of piperidine rings is 1. The maximum absolute atomic E-state index is 11.3. The second-order valence-corrected chi connectivity index (χ2v) is 3.61. The third-order valence-electron chi connectivity index (χ3n) is 2.41. The summed E-state index contributed by atoms with van der Waals surface area (Å²) >= 11 is 5.45. The van der Waals surface area contributed by atoms with Crippen molar-refractivity contribution in [3.8, 4) is 0 Å². The molecule has 0 saturated carbocycles. The van der Waals surface area contributed by atoms with Gasteiger partial charge in [0, 0.05) is 6.54 Å². The summed E-state index contributed by atoms with van der Waals surface area (Å²) in [6.45, 7) is 2.21. The van der Waals surface area contributed by atoms with Gasteiger partial charge >= 0.3 is 0 Å². The van der Waals surface area contributed by atoms with Crippen LogP contribution in [0, 0.1) is 0 Å². The molecule has 0 aliphatic carbocycles. The minimum Gasteiger partial charge on any atom is -0.332 e. The van der Waals surface area contributed by atoms with Gasteiger partial charge in [0.15, 0.2) is 5.78 Å². The van der Waals surface area contributed by atoms with Crippen LogP contribution in [0.15, 0.2) is 0 Å². The highest BCUT2D eigenvalue weighted by molar-refractivity contribution is 6.27. The number of Topliss-reactive ketones (excluding diaryl/α,β-unsaturated/α-hetero) is 1. The predicted octanol–water partition coefficient (Wildman–Crippen LogP) is 1.20. The second-order valence-electron chi connectivity index (χ2n) is 3.34. The minimum atomic E-state index is -0.222. The molecule has 1 heterocycles. The van der Waals surface area contributed by atoms with Gasteiger partial charge in [0.25, 0.3) is 0 Å². The number of rotatable bonds is 2. The van der Waals surface area contributed by atoms with Crippen molar-refractivity contribution in [2.75, 3.05) is 12.4 Å². The topological polar surface area (TPSA) is 37.4 Å². The van der Waals surface area contributed by atoms with E-state index < -0.39 is 0 Å². The van der Waals surface area contributed by atoms with Crippen LogP contribution in [0.4, 0.5) is 0 Å². The molecule has 0 bridgehead atoms. The lowest BCUT2D eigenvalue weighted by Gasteiger charge is -2.33. The van der Waals surface area contributed by atoms with Crippen molar-refractivity contribution in [2.45, 2.75) is 32.2 Å². The SMILES string of the molecule is CC(=O)C1CCCCN1C(=O)CCl. The fraction of sp³-hybridized carbons (Fsp3) is 0.778. The van der Waals surface area contributed by atoms with Crippen LogP contribution >= 0.6 is 11.6 Å². The molecule has 3 nitrogen and oxygen atoms in total.